The molecule has 2 aromatic heterocycles. The first-order valence-corrected chi connectivity index (χ1v) is 9.45. The third-order valence-corrected chi connectivity index (χ3v) is 5.29. The largest absolute Gasteiger partial charge is 0.326 e. The number of nitrogens with one attached hydrogen (secondary N) is 2. The van der Waals surface area contributed by atoms with Crippen LogP contribution >= 0.6 is 11.3 Å². The molecule has 1 saturated carbocycles. The van der Waals surface area contributed by atoms with E-state index in [9.17, 15) is 9.59 Å². The number of aromatic nitrogens is 4. The number of H-pyrrole nitrogens is 1. The highest BCUT2D eigenvalue weighted by molar-refractivity contribution is 7.07. The van der Waals surface area contributed by atoms with Gasteiger partial charge in [0, 0.05) is 41.2 Å². The number of carbonyl (C=O) groups is 1. The molecule has 1 aromatic carbocycles. The van der Waals surface area contributed by atoms with Crippen LogP contribution in [0.5, 0.6) is 0 Å². The number of amides is 1. The van der Waals surface area contributed by atoms with E-state index in [2.05, 4.69) is 20.5 Å². The summed E-state index contributed by atoms with van der Waals surface area (Å²) in [6.45, 7) is 2.25. The van der Waals surface area contributed by atoms with Crippen molar-refractivity contribution in [2.45, 2.75) is 38.6 Å². The van der Waals surface area contributed by atoms with Crippen molar-refractivity contribution >= 4 is 22.9 Å². The number of carbonyl (C=O) groups excluding carboxylic acids is 1. The molecular formula is C18H19N5O2S. The summed E-state index contributed by atoms with van der Waals surface area (Å²) in [5.74, 6) is 1.96. The van der Waals surface area contributed by atoms with Crippen molar-refractivity contribution in [2.75, 3.05) is 5.32 Å². The maximum Gasteiger partial charge on any atom is 0.307 e. The SMILES string of the molecule is Cc1csc(=O)n1CCC(=O)Nc1cccc(-c2n[nH]c(C3CC3)n2)c1. The Hall–Kier alpha value is -2.74. The lowest BCUT2D eigenvalue weighted by Gasteiger charge is -2.07. The number of aryl methyl sites for hydroxylation is 1. The Bertz CT molecular complexity index is 999. The van der Waals surface area contributed by atoms with Gasteiger partial charge >= 0.3 is 4.87 Å². The molecule has 7 nitrogen and oxygen atoms in total. The smallest absolute Gasteiger partial charge is 0.307 e. The first-order valence-electron chi connectivity index (χ1n) is 8.57. The summed E-state index contributed by atoms with van der Waals surface area (Å²) in [4.78, 5) is 28.4. The summed E-state index contributed by atoms with van der Waals surface area (Å²) in [7, 11) is 0. The average molecular weight is 369 g/mol. The molecule has 0 atom stereocenters. The standard InChI is InChI=1S/C18H19N5O2S/c1-11-10-26-18(25)23(11)8-7-15(24)19-14-4-2-3-13(9-14)17-20-16(21-22-17)12-5-6-12/h2-4,9-10,12H,5-8H2,1H3,(H,19,24)(H,20,21,22). The molecule has 0 saturated heterocycles. The lowest BCUT2D eigenvalue weighted by molar-refractivity contribution is -0.116. The van der Waals surface area contributed by atoms with E-state index in [4.69, 9.17) is 0 Å². The molecule has 134 valence electrons. The van der Waals surface area contributed by atoms with E-state index < -0.39 is 0 Å². The van der Waals surface area contributed by atoms with E-state index in [0.717, 1.165) is 41.3 Å². The van der Waals surface area contributed by atoms with Gasteiger partial charge in [-0.25, -0.2) is 4.98 Å². The summed E-state index contributed by atoms with van der Waals surface area (Å²) < 4.78 is 1.62. The van der Waals surface area contributed by atoms with Crippen molar-refractivity contribution in [1.82, 2.24) is 19.7 Å². The molecule has 0 aliphatic heterocycles. The highest BCUT2D eigenvalue weighted by atomic mass is 32.1. The number of hydrogen-bond donors (Lipinski definition) is 2. The van der Waals surface area contributed by atoms with Crippen LogP contribution in [-0.2, 0) is 11.3 Å². The van der Waals surface area contributed by atoms with Gasteiger partial charge in [-0.3, -0.25) is 14.7 Å². The predicted octanol–water partition coefficient (Wildman–Crippen LogP) is 2.91. The average Bonchev–Trinajstić information content (AvgIpc) is 3.27. The molecule has 4 rings (SSSR count). The number of anilines is 1. The zero-order chi connectivity index (χ0) is 18.1. The highest BCUT2D eigenvalue weighted by Crippen LogP contribution is 2.38. The number of rotatable bonds is 6. The minimum Gasteiger partial charge on any atom is -0.326 e. The first kappa shape index (κ1) is 16.7. The van der Waals surface area contributed by atoms with Crippen LogP contribution in [0.2, 0.25) is 0 Å². The minimum absolute atomic E-state index is 0.0339. The first-order chi connectivity index (χ1) is 12.6. The van der Waals surface area contributed by atoms with Crippen molar-refractivity contribution in [3.8, 4) is 11.4 Å². The Balaban J connectivity index is 1.41. The summed E-state index contributed by atoms with van der Waals surface area (Å²) >= 11 is 1.15. The molecule has 0 radical (unpaired) electrons. The summed E-state index contributed by atoms with van der Waals surface area (Å²) in [5.41, 5.74) is 2.43. The Morgan fingerprint density at radius 3 is 3.00 bits per heavy atom. The lowest BCUT2D eigenvalue weighted by Crippen LogP contribution is -2.20. The summed E-state index contributed by atoms with van der Waals surface area (Å²) in [5, 5.41) is 11.9. The molecule has 0 spiro atoms. The van der Waals surface area contributed by atoms with Crippen LogP contribution in [0.25, 0.3) is 11.4 Å². The van der Waals surface area contributed by atoms with Gasteiger partial charge in [0.1, 0.15) is 5.82 Å². The molecule has 1 aliphatic carbocycles. The molecule has 2 N–H and O–H groups in total. The quantitative estimate of drug-likeness (QED) is 0.699. The summed E-state index contributed by atoms with van der Waals surface area (Å²) in [6.07, 6.45) is 2.57. The van der Waals surface area contributed by atoms with E-state index >= 15 is 0 Å². The monoisotopic (exact) mass is 369 g/mol. The third-order valence-electron chi connectivity index (χ3n) is 4.41. The third kappa shape index (κ3) is 3.60. The van der Waals surface area contributed by atoms with Crippen LogP contribution in [0.15, 0.2) is 34.4 Å². The maximum absolute atomic E-state index is 12.2. The van der Waals surface area contributed by atoms with Crippen molar-refractivity contribution < 1.29 is 4.79 Å². The van der Waals surface area contributed by atoms with Gasteiger partial charge in [0.2, 0.25) is 5.91 Å². The van der Waals surface area contributed by atoms with Crippen molar-refractivity contribution in [3.63, 3.8) is 0 Å². The second-order valence-corrected chi connectivity index (χ2v) is 7.31. The highest BCUT2D eigenvalue weighted by Gasteiger charge is 2.27. The second-order valence-electron chi connectivity index (χ2n) is 6.49. The van der Waals surface area contributed by atoms with Crippen molar-refractivity contribution in [1.29, 1.82) is 0 Å². The van der Waals surface area contributed by atoms with Crippen LogP contribution in [0.3, 0.4) is 0 Å². The predicted molar refractivity (Wildman–Crippen MR) is 100 cm³/mol. The molecule has 1 fully saturated rings. The van der Waals surface area contributed by atoms with Gasteiger partial charge in [0.15, 0.2) is 5.82 Å². The second kappa shape index (κ2) is 6.87. The van der Waals surface area contributed by atoms with E-state index in [1.807, 2.05) is 31.2 Å². The van der Waals surface area contributed by atoms with Gasteiger partial charge in [0.05, 0.1) is 0 Å². The fraction of sp³-hybridized carbons (Fsp3) is 0.333. The van der Waals surface area contributed by atoms with Gasteiger partial charge in [-0.2, -0.15) is 5.10 Å². The van der Waals surface area contributed by atoms with Crippen molar-refractivity contribution in [2.24, 2.45) is 0 Å². The van der Waals surface area contributed by atoms with E-state index in [0.29, 0.717) is 24.0 Å². The molecule has 26 heavy (non-hydrogen) atoms. The molecule has 8 heteroatoms. The van der Waals surface area contributed by atoms with Gasteiger partial charge in [-0.15, -0.1) is 0 Å². The molecular weight excluding hydrogens is 350 g/mol. The summed E-state index contributed by atoms with van der Waals surface area (Å²) in [6, 6.07) is 7.48. The van der Waals surface area contributed by atoms with Crippen LogP contribution in [-0.4, -0.2) is 25.7 Å². The van der Waals surface area contributed by atoms with E-state index in [1.54, 1.807) is 9.95 Å². The zero-order valence-corrected chi connectivity index (χ0v) is 15.2. The minimum atomic E-state index is -0.131. The van der Waals surface area contributed by atoms with Crippen LogP contribution in [0.4, 0.5) is 5.69 Å². The molecule has 0 bridgehead atoms. The van der Waals surface area contributed by atoms with Crippen molar-refractivity contribution in [3.05, 3.63) is 50.8 Å². The Labute approximate surface area is 154 Å². The normalized spacial score (nSPS) is 13.7. The molecule has 1 amide bonds. The number of nitrogens with zero attached hydrogens (tertiary/aromatic N) is 3. The van der Waals surface area contributed by atoms with Crippen LogP contribution in [0, 0.1) is 6.92 Å². The van der Waals surface area contributed by atoms with Gasteiger partial charge in [-0.1, -0.05) is 23.5 Å². The zero-order valence-electron chi connectivity index (χ0n) is 14.4. The fourth-order valence-corrected chi connectivity index (χ4v) is 3.55. The fourth-order valence-electron chi connectivity index (χ4n) is 2.79. The molecule has 2 heterocycles. The van der Waals surface area contributed by atoms with Crippen LogP contribution in [0.1, 0.15) is 36.7 Å². The van der Waals surface area contributed by atoms with E-state index in [-0.39, 0.29) is 17.2 Å². The maximum atomic E-state index is 12.2. The molecule has 0 unspecified atom stereocenters. The topological polar surface area (TPSA) is 92.7 Å². The number of aromatic amines is 1. The van der Waals surface area contributed by atoms with E-state index in [1.165, 1.54) is 0 Å². The Morgan fingerprint density at radius 1 is 1.42 bits per heavy atom. The van der Waals surface area contributed by atoms with Gasteiger partial charge in [0.25, 0.3) is 0 Å². The van der Waals surface area contributed by atoms with Gasteiger partial charge in [-0.05, 0) is 31.9 Å². The number of benzene rings is 1. The number of thiazole rings is 1. The molecule has 3 aromatic rings. The number of hydrogen-bond acceptors (Lipinski definition) is 5. The molecule has 1 aliphatic rings. The Kier molecular flexibility index (Phi) is 4.42. The van der Waals surface area contributed by atoms with Gasteiger partial charge < -0.3 is 9.88 Å². The van der Waals surface area contributed by atoms with Crippen LogP contribution < -0.4 is 10.2 Å². The Morgan fingerprint density at radius 2 is 2.27 bits per heavy atom. The lowest BCUT2D eigenvalue weighted by atomic mass is 10.2.